The number of carbonyl (C=O) groups excluding carboxylic acids is 2. The van der Waals surface area contributed by atoms with Crippen molar-refractivity contribution in [1.29, 1.82) is 0 Å². The van der Waals surface area contributed by atoms with Crippen LogP contribution in [0.25, 0.3) is 0 Å². The van der Waals surface area contributed by atoms with E-state index in [2.05, 4.69) is 10.2 Å². The van der Waals surface area contributed by atoms with E-state index >= 15 is 0 Å². The lowest BCUT2D eigenvalue weighted by atomic mass is 10.1. The maximum Gasteiger partial charge on any atom is 0.410 e. The molecule has 34 heavy (non-hydrogen) atoms. The van der Waals surface area contributed by atoms with Gasteiger partial charge >= 0.3 is 6.09 Å². The standard InChI is InChI=1S/C26H34FN3O4/c1-26(2,3)34-25(32)30-17-15-29(16-18-30)14-13-28-24(31)12-7-20-5-4-6-23(19-20)33-22-10-8-21(27)9-11-22/h4-6,8-11,19H,7,12-18H2,1-3H3,(H,28,31). The minimum Gasteiger partial charge on any atom is -0.457 e. The number of aryl methyl sites for hydroxylation is 1. The molecule has 0 aromatic heterocycles. The molecule has 0 unspecified atom stereocenters. The van der Waals surface area contributed by atoms with E-state index < -0.39 is 5.60 Å². The van der Waals surface area contributed by atoms with E-state index in [0.29, 0.717) is 44.0 Å². The number of amides is 2. The highest BCUT2D eigenvalue weighted by molar-refractivity contribution is 5.76. The normalized spacial score (nSPS) is 14.5. The molecule has 1 fully saturated rings. The van der Waals surface area contributed by atoms with Gasteiger partial charge in [-0.15, -0.1) is 0 Å². The molecule has 1 heterocycles. The van der Waals surface area contributed by atoms with Gasteiger partial charge in [0.15, 0.2) is 0 Å². The van der Waals surface area contributed by atoms with Crippen molar-refractivity contribution in [2.45, 2.75) is 39.2 Å². The Hall–Kier alpha value is -3.13. The van der Waals surface area contributed by atoms with Gasteiger partial charge in [-0.05, 0) is 69.2 Å². The number of rotatable bonds is 8. The predicted molar refractivity (Wildman–Crippen MR) is 128 cm³/mol. The first-order valence-corrected chi connectivity index (χ1v) is 11.7. The van der Waals surface area contributed by atoms with Gasteiger partial charge < -0.3 is 19.7 Å². The molecule has 1 aliphatic rings. The Balaban J connectivity index is 1.33. The van der Waals surface area contributed by atoms with Crippen LogP contribution in [0.15, 0.2) is 48.5 Å². The minimum absolute atomic E-state index is 0.00255. The zero-order valence-electron chi connectivity index (χ0n) is 20.2. The number of carbonyl (C=O) groups is 2. The molecule has 0 atom stereocenters. The number of hydrogen-bond acceptors (Lipinski definition) is 5. The molecule has 0 spiro atoms. The fourth-order valence-corrected chi connectivity index (χ4v) is 3.58. The fraction of sp³-hybridized carbons (Fsp3) is 0.462. The van der Waals surface area contributed by atoms with Crippen molar-refractivity contribution in [2.75, 3.05) is 39.3 Å². The van der Waals surface area contributed by atoms with Crippen molar-refractivity contribution >= 4 is 12.0 Å². The second kappa shape index (κ2) is 11.8. The molecule has 0 aliphatic carbocycles. The molecular weight excluding hydrogens is 437 g/mol. The van der Waals surface area contributed by atoms with Gasteiger partial charge in [0.05, 0.1) is 0 Å². The third-order valence-corrected chi connectivity index (χ3v) is 5.36. The van der Waals surface area contributed by atoms with Crippen LogP contribution >= 0.6 is 0 Å². The van der Waals surface area contributed by atoms with Crippen molar-refractivity contribution in [1.82, 2.24) is 15.1 Å². The van der Waals surface area contributed by atoms with Crippen molar-refractivity contribution in [2.24, 2.45) is 0 Å². The molecule has 3 rings (SSSR count). The van der Waals surface area contributed by atoms with Gasteiger partial charge in [0.1, 0.15) is 22.9 Å². The number of ether oxygens (including phenoxy) is 2. The Labute approximate surface area is 200 Å². The van der Waals surface area contributed by atoms with Crippen LogP contribution in [0, 0.1) is 5.82 Å². The maximum absolute atomic E-state index is 13.0. The van der Waals surface area contributed by atoms with Gasteiger partial charge in [-0.2, -0.15) is 0 Å². The van der Waals surface area contributed by atoms with E-state index in [1.807, 2.05) is 45.0 Å². The number of benzene rings is 2. The molecule has 1 N–H and O–H groups in total. The average Bonchev–Trinajstić information content (AvgIpc) is 2.79. The summed E-state index contributed by atoms with van der Waals surface area (Å²) in [5, 5.41) is 2.97. The Kier molecular flexibility index (Phi) is 8.87. The third kappa shape index (κ3) is 8.67. The van der Waals surface area contributed by atoms with Crippen LogP contribution in [0.3, 0.4) is 0 Å². The van der Waals surface area contributed by atoms with E-state index in [9.17, 15) is 14.0 Å². The van der Waals surface area contributed by atoms with Gasteiger partial charge in [-0.1, -0.05) is 12.1 Å². The number of hydrogen-bond donors (Lipinski definition) is 1. The van der Waals surface area contributed by atoms with Crippen LogP contribution in [0.5, 0.6) is 11.5 Å². The second-order valence-electron chi connectivity index (χ2n) is 9.36. The largest absolute Gasteiger partial charge is 0.457 e. The van der Waals surface area contributed by atoms with Crippen molar-refractivity contribution in [3.05, 3.63) is 59.9 Å². The van der Waals surface area contributed by atoms with Crippen molar-refractivity contribution < 1.29 is 23.5 Å². The lowest BCUT2D eigenvalue weighted by molar-refractivity contribution is -0.121. The molecule has 8 heteroatoms. The fourth-order valence-electron chi connectivity index (χ4n) is 3.58. The van der Waals surface area contributed by atoms with Gasteiger partial charge in [0.2, 0.25) is 5.91 Å². The molecule has 1 saturated heterocycles. The van der Waals surface area contributed by atoms with E-state index in [4.69, 9.17) is 9.47 Å². The summed E-state index contributed by atoms with van der Waals surface area (Å²) in [5.41, 5.74) is 0.503. The lowest BCUT2D eigenvalue weighted by Gasteiger charge is -2.35. The zero-order valence-corrected chi connectivity index (χ0v) is 20.2. The molecule has 0 saturated carbocycles. The van der Waals surface area contributed by atoms with Crippen LogP contribution < -0.4 is 10.1 Å². The molecule has 0 bridgehead atoms. The first-order chi connectivity index (χ1) is 16.2. The highest BCUT2D eigenvalue weighted by Gasteiger charge is 2.25. The summed E-state index contributed by atoms with van der Waals surface area (Å²) in [6.45, 7) is 9.67. The first kappa shape index (κ1) is 25.5. The van der Waals surface area contributed by atoms with Crippen LogP contribution in [-0.4, -0.2) is 66.7 Å². The van der Waals surface area contributed by atoms with Gasteiger partial charge in [0.25, 0.3) is 0 Å². The topological polar surface area (TPSA) is 71.1 Å². The molecule has 7 nitrogen and oxygen atoms in total. The molecular formula is C26H34FN3O4. The van der Waals surface area contributed by atoms with Gasteiger partial charge in [-0.25, -0.2) is 9.18 Å². The summed E-state index contributed by atoms with van der Waals surface area (Å²) in [4.78, 5) is 28.4. The molecule has 2 amide bonds. The Morgan fingerprint density at radius 2 is 1.71 bits per heavy atom. The monoisotopic (exact) mass is 471 g/mol. The number of nitrogens with zero attached hydrogens (tertiary/aromatic N) is 2. The van der Waals surface area contributed by atoms with E-state index in [1.54, 1.807) is 17.0 Å². The SMILES string of the molecule is CC(C)(C)OC(=O)N1CCN(CCNC(=O)CCc2cccc(Oc3ccc(F)cc3)c2)CC1. The van der Waals surface area contributed by atoms with E-state index in [1.165, 1.54) is 12.1 Å². The highest BCUT2D eigenvalue weighted by Crippen LogP contribution is 2.23. The lowest BCUT2D eigenvalue weighted by Crippen LogP contribution is -2.51. The Morgan fingerprint density at radius 1 is 1.00 bits per heavy atom. The quantitative estimate of drug-likeness (QED) is 0.624. The van der Waals surface area contributed by atoms with Crippen LogP contribution in [0.2, 0.25) is 0 Å². The number of nitrogens with one attached hydrogen (secondary N) is 1. The van der Waals surface area contributed by atoms with Crippen LogP contribution in [-0.2, 0) is 16.0 Å². The van der Waals surface area contributed by atoms with Gasteiger partial charge in [-0.3, -0.25) is 9.69 Å². The van der Waals surface area contributed by atoms with E-state index in [0.717, 1.165) is 25.2 Å². The maximum atomic E-state index is 13.0. The Morgan fingerprint density at radius 3 is 2.38 bits per heavy atom. The average molecular weight is 472 g/mol. The number of halogens is 1. The predicted octanol–water partition coefficient (Wildman–Crippen LogP) is 4.22. The van der Waals surface area contributed by atoms with Crippen LogP contribution in [0.4, 0.5) is 9.18 Å². The molecule has 184 valence electrons. The van der Waals surface area contributed by atoms with Crippen molar-refractivity contribution in [3.63, 3.8) is 0 Å². The first-order valence-electron chi connectivity index (χ1n) is 11.7. The smallest absolute Gasteiger partial charge is 0.410 e. The molecule has 2 aromatic rings. The summed E-state index contributed by atoms with van der Waals surface area (Å²) in [6, 6.07) is 13.4. The summed E-state index contributed by atoms with van der Waals surface area (Å²) >= 11 is 0. The second-order valence-corrected chi connectivity index (χ2v) is 9.36. The van der Waals surface area contributed by atoms with Crippen molar-refractivity contribution in [3.8, 4) is 11.5 Å². The highest BCUT2D eigenvalue weighted by atomic mass is 19.1. The third-order valence-electron chi connectivity index (χ3n) is 5.36. The summed E-state index contributed by atoms with van der Waals surface area (Å²) in [5.74, 6) is 0.894. The number of piperazine rings is 1. The minimum atomic E-state index is -0.491. The Bertz CT molecular complexity index is 951. The van der Waals surface area contributed by atoms with E-state index in [-0.39, 0.29) is 17.8 Å². The molecule has 1 aliphatic heterocycles. The molecule has 2 aromatic carbocycles. The van der Waals surface area contributed by atoms with Crippen LogP contribution in [0.1, 0.15) is 32.8 Å². The van der Waals surface area contributed by atoms with Gasteiger partial charge in [0, 0.05) is 45.7 Å². The zero-order chi connectivity index (χ0) is 24.6. The summed E-state index contributed by atoms with van der Waals surface area (Å²) < 4.78 is 24.2. The summed E-state index contributed by atoms with van der Waals surface area (Å²) in [7, 11) is 0. The summed E-state index contributed by atoms with van der Waals surface area (Å²) in [6.07, 6.45) is 0.709. The molecule has 0 radical (unpaired) electrons.